The lowest BCUT2D eigenvalue weighted by Gasteiger charge is -2.26. The predicted octanol–water partition coefficient (Wildman–Crippen LogP) is 3.01. The van der Waals surface area contributed by atoms with Crippen LogP contribution in [-0.2, 0) is 4.79 Å². The van der Waals surface area contributed by atoms with Crippen LogP contribution in [0.4, 0.5) is 10.5 Å². The van der Waals surface area contributed by atoms with Gasteiger partial charge in [-0.3, -0.25) is 4.79 Å². The fourth-order valence-electron chi connectivity index (χ4n) is 2.11. The van der Waals surface area contributed by atoms with Gasteiger partial charge in [-0.25, -0.2) is 4.79 Å². The van der Waals surface area contributed by atoms with E-state index in [0.717, 1.165) is 5.69 Å². The Labute approximate surface area is 113 Å². The number of urea groups is 1. The fourth-order valence-corrected chi connectivity index (χ4v) is 2.11. The Morgan fingerprint density at radius 2 is 1.74 bits per heavy atom. The Balaban J connectivity index is 1.93. The van der Waals surface area contributed by atoms with Crippen molar-refractivity contribution in [1.82, 2.24) is 4.90 Å². The van der Waals surface area contributed by atoms with Gasteiger partial charge in [-0.1, -0.05) is 26.0 Å². The van der Waals surface area contributed by atoms with Crippen molar-refractivity contribution in [3.05, 3.63) is 29.8 Å². The number of anilines is 1. The molecule has 1 fully saturated rings. The summed E-state index contributed by atoms with van der Waals surface area (Å²) in [7, 11) is 0. The number of benzene rings is 1. The molecule has 0 atom stereocenters. The molecule has 1 aliphatic rings. The van der Waals surface area contributed by atoms with Crippen molar-refractivity contribution in [1.29, 1.82) is 0 Å². The molecule has 2 amide bonds. The van der Waals surface area contributed by atoms with Gasteiger partial charge in [-0.05, 0) is 23.6 Å². The molecule has 2 rings (SSSR count). The summed E-state index contributed by atoms with van der Waals surface area (Å²) in [5.41, 5.74) is 2.05. The summed E-state index contributed by atoms with van der Waals surface area (Å²) >= 11 is 0. The highest BCUT2D eigenvalue weighted by Gasteiger charge is 2.20. The molecule has 102 valence electrons. The molecule has 0 spiro atoms. The van der Waals surface area contributed by atoms with E-state index in [-0.39, 0.29) is 11.8 Å². The minimum Gasteiger partial charge on any atom is -0.324 e. The first-order chi connectivity index (χ1) is 9.06. The third kappa shape index (κ3) is 3.56. The van der Waals surface area contributed by atoms with Crippen molar-refractivity contribution >= 4 is 17.5 Å². The number of Topliss-reactive ketones (excluding diaryl/α,β-unsaturated/α-hetero) is 1. The van der Waals surface area contributed by atoms with Gasteiger partial charge in [0.1, 0.15) is 5.78 Å². The smallest absolute Gasteiger partial charge is 0.321 e. The number of ketones is 1. The van der Waals surface area contributed by atoms with Gasteiger partial charge in [0.25, 0.3) is 0 Å². The van der Waals surface area contributed by atoms with Gasteiger partial charge in [0.05, 0.1) is 0 Å². The zero-order chi connectivity index (χ0) is 13.8. The lowest BCUT2D eigenvalue weighted by Crippen LogP contribution is -2.41. The molecule has 1 heterocycles. The van der Waals surface area contributed by atoms with Crippen molar-refractivity contribution in [2.24, 2.45) is 0 Å². The second kappa shape index (κ2) is 5.87. The summed E-state index contributed by atoms with van der Waals surface area (Å²) in [6, 6.07) is 7.77. The first kappa shape index (κ1) is 13.6. The fraction of sp³-hybridized carbons (Fsp3) is 0.467. The molecule has 0 bridgehead atoms. The van der Waals surface area contributed by atoms with E-state index in [4.69, 9.17) is 0 Å². The van der Waals surface area contributed by atoms with E-state index in [2.05, 4.69) is 19.2 Å². The Morgan fingerprint density at radius 3 is 2.26 bits per heavy atom. The van der Waals surface area contributed by atoms with Gasteiger partial charge >= 0.3 is 6.03 Å². The average molecular weight is 260 g/mol. The number of piperidine rings is 1. The first-order valence-corrected chi connectivity index (χ1v) is 6.74. The zero-order valence-electron chi connectivity index (χ0n) is 11.5. The number of carbonyl (C=O) groups excluding carboxylic acids is 2. The van der Waals surface area contributed by atoms with Gasteiger partial charge in [-0.2, -0.15) is 0 Å². The van der Waals surface area contributed by atoms with E-state index in [0.29, 0.717) is 31.8 Å². The number of nitrogens with one attached hydrogen (secondary N) is 1. The Morgan fingerprint density at radius 1 is 1.16 bits per heavy atom. The molecule has 0 radical (unpaired) electrons. The minimum absolute atomic E-state index is 0.121. The normalized spacial score (nSPS) is 15.7. The van der Waals surface area contributed by atoms with E-state index in [1.165, 1.54) is 5.56 Å². The van der Waals surface area contributed by atoms with E-state index in [9.17, 15) is 9.59 Å². The van der Waals surface area contributed by atoms with Crippen LogP contribution in [-0.4, -0.2) is 29.8 Å². The number of rotatable bonds is 2. The molecule has 1 saturated heterocycles. The van der Waals surface area contributed by atoms with Gasteiger partial charge < -0.3 is 10.2 Å². The van der Waals surface area contributed by atoms with Crippen LogP contribution in [0.5, 0.6) is 0 Å². The number of hydrogen-bond acceptors (Lipinski definition) is 2. The van der Waals surface area contributed by atoms with Gasteiger partial charge in [0, 0.05) is 31.6 Å². The molecule has 1 aromatic rings. The molecule has 0 unspecified atom stereocenters. The van der Waals surface area contributed by atoms with Crippen molar-refractivity contribution in [3.8, 4) is 0 Å². The minimum atomic E-state index is -0.121. The zero-order valence-corrected chi connectivity index (χ0v) is 11.5. The summed E-state index contributed by atoms with van der Waals surface area (Å²) in [6.45, 7) is 5.32. The van der Waals surface area contributed by atoms with E-state index >= 15 is 0 Å². The number of likely N-dealkylation sites (tertiary alicyclic amines) is 1. The molecule has 1 aliphatic heterocycles. The molecule has 0 aromatic heterocycles. The summed E-state index contributed by atoms with van der Waals surface area (Å²) in [5.74, 6) is 0.725. The Hall–Kier alpha value is -1.84. The van der Waals surface area contributed by atoms with Crippen LogP contribution >= 0.6 is 0 Å². The maximum atomic E-state index is 12.0. The lowest BCUT2D eigenvalue weighted by molar-refractivity contribution is -0.120. The highest BCUT2D eigenvalue weighted by atomic mass is 16.2. The second-order valence-electron chi connectivity index (χ2n) is 5.23. The topological polar surface area (TPSA) is 49.4 Å². The average Bonchev–Trinajstić information content (AvgIpc) is 2.40. The van der Waals surface area contributed by atoms with Gasteiger partial charge in [-0.15, -0.1) is 0 Å². The van der Waals surface area contributed by atoms with Gasteiger partial charge in [0.15, 0.2) is 0 Å². The van der Waals surface area contributed by atoms with Crippen LogP contribution in [0.15, 0.2) is 24.3 Å². The number of nitrogens with zero attached hydrogens (tertiary/aromatic N) is 1. The molecular weight excluding hydrogens is 240 g/mol. The van der Waals surface area contributed by atoms with Crippen LogP contribution in [0.1, 0.15) is 38.2 Å². The summed E-state index contributed by atoms with van der Waals surface area (Å²) < 4.78 is 0. The Kier molecular flexibility index (Phi) is 4.20. The molecule has 4 nitrogen and oxygen atoms in total. The number of hydrogen-bond donors (Lipinski definition) is 1. The predicted molar refractivity (Wildman–Crippen MR) is 75.4 cm³/mol. The highest BCUT2D eigenvalue weighted by Crippen LogP contribution is 2.17. The third-order valence-corrected chi connectivity index (χ3v) is 3.44. The van der Waals surface area contributed by atoms with Crippen LogP contribution in [0, 0.1) is 0 Å². The molecule has 4 heteroatoms. The second-order valence-corrected chi connectivity index (χ2v) is 5.23. The molecule has 1 aromatic carbocycles. The molecule has 1 N–H and O–H groups in total. The Bertz CT molecular complexity index is 456. The maximum Gasteiger partial charge on any atom is 0.321 e. The highest BCUT2D eigenvalue weighted by molar-refractivity contribution is 5.91. The third-order valence-electron chi connectivity index (χ3n) is 3.44. The molecule has 0 saturated carbocycles. The largest absolute Gasteiger partial charge is 0.324 e. The first-order valence-electron chi connectivity index (χ1n) is 6.74. The number of amides is 2. The molecular formula is C15H20N2O2. The molecule has 19 heavy (non-hydrogen) atoms. The lowest BCUT2D eigenvalue weighted by atomic mass is 10.0. The van der Waals surface area contributed by atoms with Crippen LogP contribution in [0.25, 0.3) is 0 Å². The van der Waals surface area contributed by atoms with Crippen molar-refractivity contribution in [3.63, 3.8) is 0 Å². The maximum absolute atomic E-state index is 12.0. The van der Waals surface area contributed by atoms with Crippen LogP contribution in [0.2, 0.25) is 0 Å². The SMILES string of the molecule is CC(C)c1ccc(NC(=O)N2CCC(=O)CC2)cc1. The van der Waals surface area contributed by atoms with E-state index in [1.807, 2.05) is 24.3 Å². The number of carbonyl (C=O) groups is 2. The summed E-state index contributed by atoms with van der Waals surface area (Å²) in [5, 5.41) is 2.87. The monoisotopic (exact) mass is 260 g/mol. The van der Waals surface area contributed by atoms with Crippen molar-refractivity contribution in [2.75, 3.05) is 18.4 Å². The van der Waals surface area contributed by atoms with E-state index < -0.39 is 0 Å². The van der Waals surface area contributed by atoms with E-state index in [1.54, 1.807) is 4.90 Å². The standard InChI is InChI=1S/C15H20N2O2/c1-11(2)12-3-5-13(6-4-12)16-15(19)17-9-7-14(18)8-10-17/h3-6,11H,7-10H2,1-2H3,(H,16,19). The molecule has 0 aliphatic carbocycles. The van der Waals surface area contributed by atoms with Crippen LogP contribution in [0.3, 0.4) is 0 Å². The summed E-state index contributed by atoms with van der Waals surface area (Å²) in [4.78, 5) is 24.8. The van der Waals surface area contributed by atoms with Crippen molar-refractivity contribution in [2.45, 2.75) is 32.6 Å². The quantitative estimate of drug-likeness (QED) is 0.888. The van der Waals surface area contributed by atoms with Gasteiger partial charge in [0.2, 0.25) is 0 Å². The summed E-state index contributed by atoms with van der Waals surface area (Å²) in [6.07, 6.45) is 0.944. The van der Waals surface area contributed by atoms with Crippen molar-refractivity contribution < 1.29 is 9.59 Å². The van der Waals surface area contributed by atoms with Crippen LogP contribution < -0.4 is 5.32 Å².